The van der Waals surface area contributed by atoms with E-state index < -0.39 is 5.82 Å². The summed E-state index contributed by atoms with van der Waals surface area (Å²) in [5, 5.41) is 2.65. The minimum Gasteiger partial charge on any atom is -0.493 e. The largest absolute Gasteiger partial charge is 0.493 e. The Morgan fingerprint density at radius 1 is 1.06 bits per heavy atom. The molecular formula is C28H27FN2O2S. The van der Waals surface area contributed by atoms with Gasteiger partial charge < -0.3 is 4.74 Å². The molecule has 0 unspecified atom stereocenters. The number of amidine groups is 1. The molecule has 0 atom stereocenters. The van der Waals surface area contributed by atoms with Crippen LogP contribution in [0.25, 0.3) is 16.8 Å². The van der Waals surface area contributed by atoms with Crippen LogP contribution in [0, 0.1) is 5.82 Å². The van der Waals surface area contributed by atoms with Gasteiger partial charge in [-0.3, -0.25) is 9.69 Å². The Hall–Kier alpha value is -3.12. The monoisotopic (exact) mass is 474 g/mol. The quantitative estimate of drug-likeness (QED) is 0.364. The van der Waals surface area contributed by atoms with Crippen molar-refractivity contribution < 1.29 is 13.9 Å². The molecule has 1 heterocycles. The predicted molar refractivity (Wildman–Crippen MR) is 138 cm³/mol. The minimum absolute atomic E-state index is 0.0672. The first-order chi connectivity index (χ1) is 16.7. The van der Waals surface area contributed by atoms with Crippen molar-refractivity contribution in [1.82, 2.24) is 4.90 Å². The molecule has 0 N–H and O–H groups in total. The van der Waals surface area contributed by atoms with Crippen molar-refractivity contribution in [3.05, 3.63) is 76.9 Å². The Balaban J connectivity index is 1.61. The zero-order valence-electron chi connectivity index (χ0n) is 19.2. The lowest BCUT2D eigenvalue weighted by Gasteiger charge is -2.30. The second-order valence-corrected chi connectivity index (χ2v) is 9.56. The first kappa shape index (κ1) is 22.7. The number of carbonyl (C=O) groups is 1. The van der Waals surface area contributed by atoms with Crippen LogP contribution in [0.1, 0.15) is 44.6 Å². The van der Waals surface area contributed by atoms with E-state index in [1.54, 1.807) is 23.1 Å². The van der Waals surface area contributed by atoms with Crippen molar-refractivity contribution in [3.63, 3.8) is 0 Å². The summed E-state index contributed by atoms with van der Waals surface area (Å²) in [5.41, 5.74) is 1.13. The van der Waals surface area contributed by atoms with Gasteiger partial charge in [-0.2, -0.15) is 0 Å². The molecule has 0 spiro atoms. The van der Waals surface area contributed by atoms with Gasteiger partial charge in [-0.1, -0.05) is 61.7 Å². The van der Waals surface area contributed by atoms with Crippen LogP contribution in [-0.2, 0) is 4.79 Å². The van der Waals surface area contributed by atoms with E-state index in [-0.39, 0.29) is 17.6 Å². The molecule has 0 aromatic heterocycles. The van der Waals surface area contributed by atoms with Gasteiger partial charge in [0.1, 0.15) is 17.3 Å². The topological polar surface area (TPSA) is 41.9 Å². The maximum Gasteiger partial charge on any atom is 0.267 e. The van der Waals surface area contributed by atoms with Crippen molar-refractivity contribution in [2.45, 2.75) is 45.1 Å². The second-order valence-electron chi connectivity index (χ2n) is 8.55. The van der Waals surface area contributed by atoms with E-state index in [1.165, 1.54) is 24.2 Å². The molecule has 1 amide bonds. The van der Waals surface area contributed by atoms with E-state index >= 15 is 0 Å². The summed E-state index contributed by atoms with van der Waals surface area (Å²) in [4.78, 5) is 20.7. The summed E-state index contributed by atoms with van der Waals surface area (Å²) in [7, 11) is 0. The van der Waals surface area contributed by atoms with Crippen molar-refractivity contribution in [2.24, 2.45) is 4.99 Å². The third-order valence-electron chi connectivity index (χ3n) is 6.35. The number of carbonyl (C=O) groups excluding carboxylic acids is 1. The van der Waals surface area contributed by atoms with Crippen LogP contribution in [0.15, 0.2) is 70.6 Å². The highest BCUT2D eigenvalue weighted by molar-refractivity contribution is 8.18. The molecular weight excluding hydrogens is 447 g/mol. The fourth-order valence-electron chi connectivity index (χ4n) is 4.71. The molecule has 34 heavy (non-hydrogen) atoms. The van der Waals surface area contributed by atoms with Gasteiger partial charge in [0.05, 0.1) is 11.5 Å². The number of aliphatic imine (C=N–C) groups is 1. The standard InChI is InChI=1S/C28H27FN2O2S/c1-2-33-25-17-16-19-10-6-7-13-21(19)22(25)18-26-27(32)31(20-11-4-3-5-12-20)28(34-26)30-24-15-9-8-14-23(24)29/h6-10,13-18,20H,2-5,11-12H2,1H3/b26-18-,30-28?. The van der Waals surface area contributed by atoms with E-state index in [4.69, 9.17) is 4.74 Å². The number of amides is 1. The lowest BCUT2D eigenvalue weighted by Crippen LogP contribution is -2.40. The van der Waals surface area contributed by atoms with Gasteiger partial charge in [0.2, 0.25) is 0 Å². The number of para-hydroxylation sites is 1. The first-order valence-corrected chi connectivity index (χ1v) is 12.7. The smallest absolute Gasteiger partial charge is 0.267 e. The number of hydrogen-bond donors (Lipinski definition) is 0. The molecule has 1 saturated heterocycles. The Morgan fingerprint density at radius 2 is 1.82 bits per heavy atom. The fraction of sp³-hybridized carbons (Fsp3) is 0.286. The molecule has 2 fully saturated rings. The highest BCUT2D eigenvalue weighted by Gasteiger charge is 2.39. The number of hydrogen-bond acceptors (Lipinski definition) is 4. The number of halogens is 1. The summed E-state index contributed by atoms with van der Waals surface area (Å²) in [6.07, 6.45) is 7.15. The molecule has 4 nitrogen and oxygen atoms in total. The Kier molecular flexibility index (Phi) is 6.68. The molecule has 3 aromatic carbocycles. The summed E-state index contributed by atoms with van der Waals surface area (Å²) in [6.45, 7) is 2.48. The van der Waals surface area contributed by atoms with E-state index in [0.29, 0.717) is 16.7 Å². The van der Waals surface area contributed by atoms with Gasteiger partial charge in [-0.05, 0) is 66.6 Å². The van der Waals surface area contributed by atoms with Crippen LogP contribution in [0.2, 0.25) is 0 Å². The molecule has 3 aromatic rings. The molecule has 0 bridgehead atoms. The van der Waals surface area contributed by atoms with Crippen LogP contribution >= 0.6 is 11.8 Å². The molecule has 2 aliphatic rings. The van der Waals surface area contributed by atoms with E-state index in [2.05, 4.69) is 11.1 Å². The molecule has 1 aliphatic carbocycles. The molecule has 0 radical (unpaired) electrons. The molecule has 6 heteroatoms. The van der Waals surface area contributed by atoms with Gasteiger partial charge >= 0.3 is 0 Å². The molecule has 1 saturated carbocycles. The number of ether oxygens (including phenoxy) is 1. The van der Waals surface area contributed by atoms with Crippen LogP contribution < -0.4 is 4.74 Å². The van der Waals surface area contributed by atoms with E-state index in [1.807, 2.05) is 43.3 Å². The summed E-state index contributed by atoms with van der Waals surface area (Å²) in [5.74, 6) is 0.282. The lowest BCUT2D eigenvalue weighted by atomic mass is 9.94. The van der Waals surface area contributed by atoms with Gasteiger partial charge in [-0.15, -0.1) is 0 Å². The number of nitrogens with zero attached hydrogens (tertiary/aromatic N) is 2. The van der Waals surface area contributed by atoms with Crippen LogP contribution in [-0.4, -0.2) is 28.6 Å². The number of rotatable bonds is 5. The highest BCUT2D eigenvalue weighted by atomic mass is 32.2. The average molecular weight is 475 g/mol. The summed E-state index contributed by atoms with van der Waals surface area (Å²) >= 11 is 1.32. The van der Waals surface area contributed by atoms with Crippen molar-refractivity contribution in [3.8, 4) is 5.75 Å². The SMILES string of the molecule is CCOc1ccc2ccccc2c1/C=C1\SC(=Nc2ccccc2F)N(C2CCCCC2)C1=O. The van der Waals surface area contributed by atoms with Gasteiger partial charge in [-0.25, -0.2) is 9.38 Å². The average Bonchev–Trinajstić information content (AvgIpc) is 3.17. The second kappa shape index (κ2) is 10.0. The van der Waals surface area contributed by atoms with E-state index in [9.17, 15) is 9.18 Å². The van der Waals surface area contributed by atoms with Crippen molar-refractivity contribution in [1.29, 1.82) is 0 Å². The Bertz CT molecular complexity index is 1280. The Labute approximate surface area is 203 Å². The zero-order valence-corrected chi connectivity index (χ0v) is 20.0. The molecule has 1 aliphatic heterocycles. The lowest BCUT2D eigenvalue weighted by molar-refractivity contribution is -0.124. The zero-order chi connectivity index (χ0) is 23.5. The number of thioether (sulfide) groups is 1. The van der Waals surface area contributed by atoms with Crippen molar-refractivity contribution in [2.75, 3.05) is 6.61 Å². The molecule has 5 rings (SSSR count). The third-order valence-corrected chi connectivity index (χ3v) is 7.33. The van der Waals surface area contributed by atoms with Crippen LogP contribution in [0.5, 0.6) is 5.75 Å². The van der Waals surface area contributed by atoms with Crippen molar-refractivity contribution >= 4 is 45.4 Å². The highest BCUT2D eigenvalue weighted by Crippen LogP contribution is 2.40. The fourth-order valence-corrected chi connectivity index (χ4v) is 5.74. The summed E-state index contributed by atoms with van der Waals surface area (Å²) < 4.78 is 20.3. The maximum absolute atomic E-state index is 14.4. The number of fused-ring (bicyclic) bond motifs is 1. The molecule has 174 valence electrons. The van der Waals surface area contributed by atoms with Crippen LogP contribution in [0.4, 0.5) is 10.1 Å². The van der Waals surface area contributed by atoms with Crippen LogP contribution in [0.3, 0.4) is 0 Å². The first-order valence-electron chi connectivity index (χ1n) is 11.9. The van der Waals surface area contributed by atoms with Gasteiger partial charge in [0.25, 0.3) is 5.91 Å². The summed E-state index contributed by atoms with van der Waals surface area (Å²) in [6, 6.07) is 18.6. The normalized spacial score (nSPS) is 19.5. The maximum atomic E-state index is 14.4. The van der Waals surface area contributed by atoms with Gasteiger partial charge in [0, 0.05) is 11.6 Å². The Morgan fingerprint density at radius 3 is 2.62 bits per heavy atom. The van der Waals surface area contributed by atoms with Gasteiger partial charge in [0.15, 0.2) is 5.17 Å². The number of benzene rings is 3. The predicted octanol–water partition coefficient (Wildman–Crippen LogP) is 7.31. The minimum atomic E-state index is -0.392. The van der Waals surface area contributed by atoms with E-state index in [0.717, 1.165) is 47.8 Å². The third kappa shape index (κ3) is 4.47.